The smallest absolute Gasteiger partial charge is 0.0624 e. The molecule has 0 radical (unpaired) electrons. The molecule has 1 saturated heterocycles. The maximum Gasteiger partial charge on any atom is 0.0624 e. The first-order chi connectivity index (χ1) is 7.79. The lowest BCUT2D eigenvalue weighted by Crippen LogP contribution is -2.39. The Bertz CT molecular complexity index is 361. The van der Waals surface area contributed by atoms with Gasteiger partial charge in [-0.15, -0.1) is 0 Å². The van der Waals surface area contributed by atoms with Gasteiger partial charge in [0.2, 0.25) is 0 Å². The fourth-order valence-corrected chi connectivity index (χ4v) is 2.24. The Labute approximate surface area is 96.4 Å². The second kappa shape index (κ2) is 5.12. The van der Waals surface area contributed by atoms with E-state index in [0.717, 1.165) is 31.8 Å². The highest BCUT2D eigenvalue weighted by Gasteiger charge is 2.22. The first kappa shape index (κ1) is 11.1. The zero-order valence-corrected chi connectivity index (χ0v) is 9.63. The summed E-state index contributed by atoms with van der Waals surface area (Å²) in [6.07, 6.45) is 0.879. The lowest BCUT2D eigenvalue weighted by atomic mass is 9.97. The van der Waals surface area contributed by atoms with Crippen molar-refractivity contribution in [3.63, 3.8) is 0 Å². The highest BCUT2D eigenvalue weighted by Crippen LogP contribution is 2.16. The molecule has 0 aromatic heterocycles. The van der Waals surface area contributed by atoms with Gasteiger partial charge in [0.05, 0.1) is 5.71 Å². The highest BCUT2D eigenvalue weighted by molar-refractivity contribution is 5.86. The molecule has 16 heavy (non-hydrogen) atoms. The summed E-state index contributed by atoms with van der Waals surface area (Å²) in [7, 11) is 0. The van der Waals surface area contributed by atoms with Crippen molar-refractivity contribution in [2.75, 3.05) is 13.1 Å². The molecule has 1 fully saturated rings. The molecule has 0 aliphatic carbocycles. The average molecular weight is 218 g/mol. The molecular weight excluding hydrogens is 200 g/mol. The number of likely N-dealkylation sites (tertiary alicyclic amines) is 1. The lowest BCUT2D eigenvalue weighted by Gasteiger charge is -2.31. The Morgan fingerprint density at radius 1 is 1.38 bits per heavy atom. The van der Waals surface area contributed by atoms with Gasteiger partial charge in [-0.25, -0.2) is 0 Å². The molecule has 1 aliphatic heterocycles. The Kier molecular flexibility index (Phi) is 3.57. The molecule has 1 aliphatic rings. The van der Waals surface area contributed by atoms with Gasteiger partial charge < -0.3 is 5.21 Å². The predicted molar refractivity (Wildman–Crippen MR) is 64.7 cm³/mol. The minimum atomic E-state index is 0.363. The topological polar surface area (TPSA) is 35.8 Å². The van der Waals surface area contributed by atoms with Gasteiger partial charge in [-0.05, 0) is 5.56 Å². The van der Waals surface area contributed by atoms with Gasteiger partial charge >= 0.3 is 0 Å². The summed E-state index contributed by atoms with van der Waals surface area (Å²) in [6.45, 7) is 5.07. The van der Waals surface area contributed by atoms with Crippen LogP contribution in [0.5, 0.6) is 0 Å². The molecule has 1 N–H and O–H groups in total. The van der Waals surface area contributed by atoms with Gasteiger partial charge in [0, 0.05) is 32.0 Å². The van der Waals surface area contributed by atoms with E-state index in [1.54, 1.807) is 0 Å². The van der Waals surface area contributed by atoms with Crippen LogP contribution in [0, 0.1) is 5.92 Å². The van der Waals surface area contributed by atoms with Crippen LogP contribution in [0.15, 0.2) is 35.5 Å². The molecule has 1 aromatic rings. The third kappa shape index (κ3) is 2.61. The van der Waals surface area contributed by atoms with Gasteiger partial charge in [-0.1, -0.05) is 42.4 Å². The van der Waals surface area contributed by atoms with Crippen LogP contribution in [0.3, 0.4) is 0 Å². The summed E-state index contributed by atoms with van der Waals surface area (Å²) in [5, 5.41) is 12.2. The fourth-order valence-electron chi connectivity index (χ4n) is 2.24. The Morgan fingerprint density at radius 3 is 2.75 bits per heavy atom. The maximum absolute atomic E-state index is 8.81. The molecule has 0 unspecified atom stereocenters. The number of oxime groups is 1. The second-order valence-corrected chi connectivity index (χ2v) is 4.46. The number of benzene rings is 1. The Morgan fingerprint density at radius 2 is 2.12 bits per heavy atom. The van der Waals surface area contributed by atoms with Gasteiger partial charge in [-0.2, -0.15) is 0 Å². The summed E-state index contributed by atoms with van der Waals surface area (Å²) >= 11 is 0. The maximum atomic E-state index is 8.81. The minimum Gasteiger partial charge on any atom is -0.411 e. The summed E-state index contributed by atoms with van der Waals surface area (Å²) < 4.78 is 0. The second-order valence-electron chi connectivity index (χ2n) is 4.46. The van der Waals surface area contributed by atoms with E-state index in [4.69, 9.17) is 5.21 Å². The van der Waals surface area contributed by atoms with E-state index in [1.165, 1.54) is 5.56 Å². The van der Waals surface area contributed by atoms with Crippen molar-refractivity contribution in [2.45, 2.75) is 19.9 Å². The molecule has 86 valence electrons. The van der Waals surface area contributed by atoms with E-state index in [-0.39, 0.29) is 0 Å². The van der Waals surface area contributed by atoms with Crippen molar-refractivity contribution >= 4 is 5.71 Å². The number of rotatable bonds is 2. The molecule has 3 heteroatoms. The average Bonchev–Trinajstić information content (AvgIpc) is 2.31. The zero-order chi connectivity index (χ0) is 11.4. The largest absolute Gasteiger partial charge is 0.411 e. The molecule has 3 nitrogen and oxygen atoms in total. The number of hydrogen-bond acceptors (Lipinski definition) is 3. The van der Waals surface area contributed by atoms with Crippen LogP contribution in [0.1, 0.15) is 18.9 Å². The van der Waals surface area contributed by atoms with E-state index in [0.29, 0.717) is 5.92 Å². The van der Waals surface area contributed by atoms with Crippen molar-refractivity contribution in [1.29, 1.82) is 0 Å². The number of hydrogen-bond donors (Lipinski definition) is 1. The molecular formula is C13H18N2O. The van der Waals surface area contributed by atoms with Crippen LogP contribution in [-0.2, 0) is 6.54 Å². The van der Waals surface area contributed by atoms with Gasteiger partial charge in [0.1, 0.15) is 0 Å². The number of nitrogens with zero attached hydrogens (tertiary/aromatic N) is 2. The molecule has 0 saturated carbocycles. The van der Waals surface area contributed by atoms with E-state index in [2.05, 4.69) is 41.2 Å². The van der Waals surface area contributed by atoms with Crippen LogP contribution < -0.4 is 0 Å². The molecule has 0 bridgehead atoms. The van der Waals surface area contributed by atoms with E-state index in [1.807, 2.05) is 6.07 Å². The molecule has 1 atom stereocenters. The van der Waals surface area contributed by atoms with Crippen LogP contribution in [0.25, 0.3) is 0 Å². The Balaban J connectivity index is 1.94. The van der Waals surface area contributed by atoms with E-state index < -0.39 is 0 Å². The Hall–Kier alpha value is -1.35. The van der Waals surface area contributed by atoms with Crippen molar-refractivity contribution < 1.29 is 5.21 Å². The summed E-state index contributed by atoms with van der Waals surface area (Å²) in [4.78, 5) is 2.41. The van der Waals surface area contributed by atoms with Gasteiger partial charge in [0.15, 0.2) is 0 Å². The first-order valence-corrected chi connectivity index (χ1v) is 5.76. The zero-order valence-electron chi connectivity index (χ0n) is 9.63. The van der Waals surface area contributed by atoms with Crippen LogP contribution >= 0.6 is 0 Å². The van der Waals surface area contributed by atoms with Crippen LogP contribution in [0.2, 0.25) is 0 Å². The van der Waals surface area contributed by atoms with E-state index in [9.17, 15) is 0 Å². The molecule has 1 heterocycles. The number of piperidine rings is 1. The molecule has 1 aromatic carbocycles. The van der Waals surface area contributed by atoms with Gasteiger partial charge in [0.25, 0.3) is 0 Å². The molecule has 0 spiro atoms. The SMILES string of the molecule is C[C@@H]1CN(Cc2ccccc2)CCC1=NO. The fraction of sp³-hybridized carbons (Fsp3) is 0.462. The van der Waals surface area contributed by atoms with Crippen LogP contribution in [-0.4, -0.2) is 28.9 Å². The van der Waals surface area contributed by atoms with Crippen molar-refractivity contribution in [3.05, 3.63) is 35.9 Å². The highest BCUT2D eigenvalue weighted by atomic mass is 16.4. The summed E-state index contributed by atoms with van der Waals surface area (Å²) in [5.74, 6) is 0.363. The minimum absolute atomic E-state index is 0.363. The lowest BCUT2D eigenvalue weighted by molar-refractivity contribution is 0.228. The normalized spacial score (nSPS) is 24.8. The third-order valence-corrected chi connectivity index (χ3v) is 3.16. The quantitative estimate of drug-likeness (QED) is 0.611. The van der Waals surface area contributed by atoms with Crippen molar-refractivity contribution in [2.24, 2.45) is 11.1 Å². The standard InChI is InChI=1S/C13H18N2O/c1-11-9-15(8-7-13(11)14-16)10-12-5-3-2-4-6-12/h2-6,11,16H,7-10H2,1H3/t11-/m1/s1. The van der Waals surface area contributed by atoms with Gasteiger partial charge in [-0.3, -0.25) is 4.90 Å². The molecule has 0 amide bonds. The first-order valence-electron chi connectivity index (χ1n) is 5.76. The predicted octanol–water partition coefficient (Wildman–Crippen LogP) is 2.36. The van der Waals surface area contributed by atoms with Crippen molar-refractivity contribution in [1.82, 2.24) is 4.90 Å². The monoisotopic (exact) mass is 218 g/mol. The van der Waals surface area contributed by atoms with Crippen molar-refractivity contribution in [3.8, 4) is 0 Å². The summed E-state index contributed by atoms with van der Waals surface area (Å²) in [6, 6.07) is 10.5. The van der Waals surface area contributed by atoms with Crippen LogP contribution in [0.4, 0.5) is 0 Å². The van der Waals surface area contributed by atoms with E-state index >= 15 is 0 Å². The molecule has 2 rings (SSSR count). The summed E-state index contributed by atoms with van der Waals surface area (Å²) in [5.41, 5.74) is 2.28. The third-order valence-electron chi connectivity index (χ3n) is 3.16.